The summed E-state index contributed by atoms with van der Waals surface area (Å²) in [7, 11) is 0. The van der Waals surface area contributed by atoms with Gasteiger partial charge >= 0.3 is 0 Å². The van der Waals surface area contributed by atoms with E-state index in [1.807, 2.05) is 0 Å². The molecule has 0 bridgehead atoms. The van der Waals surface area contributed by atoms with Gasteiger partial charge in [0.15, 0.2) is 0 Å². The summed E-state index contributed by atoms with van der Waals surface area (Å²) in [5, 5.41) is 5.00. The normalized spacial score (nSPS) is 12.9. The van der Waals surface area contributed by atoms with E-state index >= 15 is 0 Å². The fourth-order valence-electron chi connectivity index (χ4n) is 13.0. The molecule has 2 aliphatic heterocycles. The molecule has 0 aliphatic carbocycles. The van der Waals surface area contributed by atoms with Crippen LogP contribution in [0.15, 0.2) is 255 Å². The predicted molar refractivity (Wildman–Crippen MR) is 323 cm³/mol. The largest absolute Gasteiger partial charge is 0.311 e. The van der Waals surface area contributed by atoms with Crippen molar-refractivity contribution in [2.45, 2.75) is 27.2 Å². The lowest BCUT2D eigenvalue weighted by Gasteiger charge is -2.45. The van der Waals surface area contributed by atoms with Crippen LogP contribution in [0.3, 0.4) is 0 Å². The van der Waals surface area contributed by atoms with E-state index in [1.165, 1.54) is 111 Å². The molecule has 0 unspecified atom stereocenters. The Kier molecular flexibility index (Phi) is 9.96. The molecule has 11 aromatic carbocycles. The molecule has 0 radical (unpaired) electrons. The van der Waals surface area contributed by atoms with Crippen LogP contribution in [0, 0.1) is 5.41 Å². The summed E-state index contributed by atoms with van der Waals surface area (Å²) in [5.41, 5.74) is 24.0. The molecule has 360 valence electrons. The van der Waals surface area contributed by atoms with Crippen LogP contribution in [0.25, 0.3) is 77.2 Å². The highest BCUT2D eigenvalue weighted by molar-refractivity contribution is 7.00. The number of anilines is 6. The Balaban J connectivity index is 1.07. The van der Waals surface area contributed by atoms with E-state index in [9.17, 15) is 0 Å². The molecule has 5 heteroatoms. The number of hydrogen-bond donors (Lipinski definition) is 0. The van der Waals surface area contributed by atoms with Crippen molar-refractivity contribution >= 4 is 101 Å². The Hall–Kier alpha value is -9.32. The van der Waals surface area contributed by atoms with E-state index < -0.39 is 0 Å². The first-order chi connectivity index (χ1) is 37.4. The molecule has 15 rings (SSSR count). The molecule has 0 fully saturated rings. The van der Waals surface area contributed by atoms with Gasteiger partial charge in [0.25, 0.3) is 6.71 Å². The van der Waals surface area contributed by atoms with Crippen LogP contribution < -0.4 is 26.2 Å². The predicted octanol–water partition coefficient (Wildman–Crippen LogP) is 16.9. The van der Waals surface area contributed by atoms with Crippen LogP contribution in [0.4, 0.5) is 34.1 Å². The van der Waals surface area contributed by atoms with Gasteiger partial charge in [-0.25, -0.2) is 0 Å². The summed E-state index contributed by atoms with van der Waals surface area (Å²) in [6.45, 7) is 7.00. The Morgan fingerprint density at radius 2 is 0.684 bits per heavy atom. The van der Waals surface area contributed by atoms with Crippen molar-refractivity contribution in [3.8, 4) is 33.6 Å². The maximum atomic E-state index is 2.62. The molecule has 0 spiro atoms. The quantitative estimate of drug-likeness (QED) is 0.148. The highest BCUT2D eigenvalue weighted by Gasteiger charge is 2.45. The summed E-state index contributed by atoms with van der Waals surface area (Å²) in [6, 6.07) is 95.0. The van der Waals surface area contributed by atoms with Gasteiger partial charge < -0.3 is 18.9 Å². The lowest BCUT2D eigenvalue weighted by Crippen LogP contribution is -2.61. The topological polar surface area (TPSA) is 16.3 Å². The molecule has 4 heterocycles. The number of aromatic nitrogens is 2. The zero-order chi connectivity index (χ0) is 50.6. The van der Waals surface area contributed by atoms with Crippen molar-refractivity contribution in [2.24, 2.45) is 5.41 Å². The standard InChI is InChI=1S/C71H53BN4/c1-71(2,3)46-47-42-68-70-69(43-47)76(61-33-17-11-27-53(61)49-24-8-5-9-25-49)67-45-51(74-64-36-20-14-30-56(64)57-31-15-21-37-65(57)74)39-41-59(67)72(70)58-40-38-50(73-62-34-18-12-28-54(62)55-29-13-19-35-63(55)73)44-66(58)75(68)60-32-16-10-26-52(60)48-22-6-4-7-23-48/h4-45H,46H2,1-3H3. The third kappa shape index (κ3) is 6.85. The second-order valence-electron chi connectivity index (χ2n) is 21.9. The highest BCUT2D eigenvalue weighted by Crippen LogP contribution is 2.50. The van der Waals surface area contributed by atoms with Gasteiger partial charge in [-0.3, -0.25) is 0 Å². The summed E-state index contributed by atoms with van der Waals surface area (Å²) >= 11 is 0. The van der Waals surface area contributed by atoms with E-state index in [0.29, 0.717) is 0 Å². The van der Waals surface area contributed by atoms with Gasteiger partial charge in [-0.2, -0.15) is 0 Å². The zero-order valence-electron chi connectivity index (χ0n) is 42.8. The minimum absolute atomic E-state index is 0.00642. The van der Waals surface area contributed by atoms with Gasteiger partial charge in [-0.15, -0.1) is 0 Å². The van der Waals surface area contributed by atoms with E-state index in [0.717, 1.165) is 29.2 Å². The van der Waals surface area contributed by atoms with Crippen LogP contribution in [0.2, 0.25) is 0 Å². The summed E-state index contributed by atoms with van der Waals surface area (Å²) < 4.78 is 4.94. The monoisotopic (exact) mass is 972 g/mol. The maximum absolute atomic E-state index is 2.62. The van der Waals surface area contributed by atoms with Crippen molar-refractivity contribution in [1.29, 1.82) is 0 Å². The number of nitrogens with zero attached hydrogens (tertiary/aromatic N) is 4. The maximum Gasteiger partial charge on any atom is 0.252 e. The summed E-state index contributed by atoms with van der Waals surface area (Å²) in [6.07, 6.45) is 0.892. The smallest absolute Gasteiger partial charge is 0.252 e. The Bertz CT molecular complexity index is 4070. The molecule has 0 N–H and O–H groups in total. The number of rotatable bonds is 7. The average molecular weight is 973 g/mol. The van der Waals surface area contributed by atoms with Crippen molar-refractivity contribution in [1.82, 2.24) is 9.13 Å². The van der Waals surface area contributed by atoms with Gasteiger partial charge in [-0.1, -0.05) is 203 Å². The van der Waals surface area contributed by atoms with Gasteiger partial charge in [-0.05, 0) is 118 Å². The molecule has 0 atom stereocenters. The fourth-order valence-corrected chi connectivity index (χ4v) is 13.0. The van der Waals surface area contributed by atoms with Gasteiger partial charge in [0.2, 0.25) is 0 Å². The minimum Gasteiger partial charge on any atom is -0.311 e. The zero-order valence-corrected chi connectivity index (χ0v) is 42.8. The van der Waals surface area contributed by atoms with Gasteiger partial charge in [0.05, 0.1) is 33.4 Å². The third-order valence-electron chi connectivity index (χ3n) is 16.0. The summed E-state index contributed by atoms with van der Waals surface area (Å²) in [5.74, 6) is 0. The molecule has 2 aromatic heterocycles. The number of benzene rings is 11. The average Bonchev–Trinajstić information content (AvgIpc) is 4.12. The Morgan fingerprint density at radius 3 is 1.08 bits per heavy atom. The lowest BCUT2D eigenvalue weighted by atomic mass is 9.33. The molecule has 0 saturated carbocycles. The van der Waals surface area contributed by atoms with Crippen molar-refractivity contribution in [2.75, 3.05) is 9.80 Å². The van der Waals surface area contributed by atoms with E-state index in [1.54, 1.807) is 0 Å². The second-order valence-corrected chi connectivity index (χ2v) is 21.9. The van der Waals surface area contributed by atoms with Gasteiger partial charge in [0, 0.05) is 66.8 Å². The third-order valence-corrected chi connectivity index (χ3v) is 16.0. The molecule has 0 amide bonds. The molecular formula is C71H53BN4. The fraction of sp³-hybridized carbons (Fsp3) is 0.0704. The van der Waals surface area contributed by atoms with Gasteiger partial charge in [0.1, 0.15) is 0 Å². The van der Waals surface area contributed by atoms with E-state index in [2.05, 4.69) is 294 Å². The van der Waals surface area contributed by atoms with Crippen LogP contribution in [0.1, 0.15) is 26.3 Å². The number of fused-ring (bicyclic) bond motifs is 10. The first-order valence-corrected chi connectivity index (χ1v) is 26.7. The molecule has 2 aliphatic rings. The number of para-hydroxylation sites is 6. The molecule has 4 nitrogen and oxygen atoms in total. The molecule has 76 heavy (non-hydrogen) atoms. The van der Waals surface area contributed by atoms with Crippen molar-refractivity contribution in [3.63, 3.8) is 0 Å². The molecular weight excluding hydrogens is 920 g/mol. The van der Waals surface area contributed by atoms with E-state index in [-0.39, 0.29) is 12.1 Å². The first kappa shape index (κ1) is 44.2. The van der Waals surface area contributed by atoms with Crippen molar-refractivity contribution < 1.29 is 0 Å². The minimum atomic E-state index is -0.0987. The molecule has 0 saturated heterocycles. The highest BCUT2D eigenvalue weighted by atomic mass is 15.2. The second kappa shape index (κ2) is 17.1. The van der Waals surface area contributed by atoms with Crippen molar-refractivity contribution in [3.05, 3.63) is 260 Å². The van der Waals surface area contributed by atoms with E-state index in [4.69, 9.17) is 0 Å². The number of hydrogen-bond acceptors (Lipinski definition) is 2. The Morgan fingerprint density at radius 1 is 0.329 bits per heavy atom. The van der Waals surface area contributed by atoms with Crippen LogP contribution in [0.5, 0.6) is 0 Å². The lowest BCUT2D eigenvalue weighted by molar-refractivity contribution is 0.411. The van der Waals surface area contributed by atoms with Crippen LogP contribution >= 0.6 is 0 Å². The van der Waals surface area contributed by atoms with Crippen LogP contribution in [-0.2, 0) is 6.42 Å². The van der Waals surface area contributed by atoms with Crippen LogP contribution in [-0.4, -0.2) is 15.8 Å². The Labute approximate surface area is 444 Å². The first-order valence-electron chi connectivity index (χ1n) is 26.7. The summed E-state index contributed by atoms with van der Waals surface area (Å²) in [4.78, 5) is 5.24. The SMILES string of the molecule is CC(C)(C)Cc1cc2c3c(c1)N(c1ccccc1-c1ccccc1)c1cc(-n4c5ccccc5c5ccccc54)ccc1B3c1ccc(-n3c4ccccc4c4ccccc43)cc1N2c1ccccc1-c1ccccc1. The molecule has 13 aromatic rings.